The highest BCUT2D eigenvalue weighted by molar-refractivity contribution is 5.83. The van der Waals surface area contributed by atoms with Gasteiger partial charge in [0.05, 0.1) is 11.0 Å². The van der Waals surface area contributed by atoms with Gasteiger partial charge in [-0.25, -0.2) is 4.98 Å². The van der Waals surface area contributed by atoms with Crippen molar-refractivity contribution in [2.24, 2.45) is 11.3 Å². The molecular weight excluding hydrogens is 409 g/mol. The minimum absolute atomic E-state index is 0.152. The van der Waals surface area contributed by atoms with Crippen molar-refractivity contribution in [3.8, 4) is 0 Å². The van der Waals surface area contributed by atoms with Crippen molar-refractivity contribution in [3.63, 3.8) is 0 Å². The monoisotopic (exact) mass is 442 g/mol. The molecule has 2 fully saturated rings. The lowest BCUT2D eigenvalue weighted by atomic mass is 9.74. The molecule has 2 aliphatic rings. The zero-order valence-electron chi connectivity index (χ0n) is 18.3. The number of pyridine rings is 1. The van der Waals surface area contributed by atoms with Crippen molar-refractivity contribution in [2.45, 2.75) is 51.7 Å². The Morgan fingerprint density at radius 2 is 2.03 bits per heavy atom. The third kappa shape index (κ3) is 5.31. The van der Waals surface area contributed by atoms with Gasteiger partial charge in [-0.05, 0) is 50.3 Å². The van der Waals surface area contributed by atoms with E-state index in [-0.39, 0.29) is 24.5 Å². The fourth-order valence-corrected chi connectivity index (χ4v) is 4.82. The van der Waals surface area contributed by atoms with Crippen LogP contribution in [0.2, 0.25) is 0 Å². The second-order valence-corrected chi connectivity index (χ2v) is 8.96. The van der Waals surface area contributed by atoms with Gasteiger partial charge in [0.1, 0.15) is 5.82 Å². The van der Waals surface area contributed by atoms with Crippen molar-refractivity contribution in [1.29, 1.82) is 0 Å². The molecule has 1 aliphatic carbocycles. The lowest BCUT2D eigenvalue weighted by Gasteiger charge is -2.42. The number of alkyl halides is 3. The topological polar surface area (TPSA) is 68.7 Å². The van der Waals surface area contributed by atoms with Crippen LogP contribution in [0, 0.1) is 11.3 Å². The Labute approximate surface area is 181 Å². The molecule has 1 aliphatic heterocycles. The van der Waals surface area contributed by atoms with E-state index in [2.05, 4.69) is 24.1 Å². The van der Waals surface area contributed by atoms with E-state index < -0.39 is 17.2 Å². The van der Waals surface area contributed by atoms with Crippen LogP contribution < -0.4 is 10.2 Å². The summed E-state index contributed by atoms with van der Waals surface area (Å²) in [5.74, 6) is 0.660. The number of halogens is 3. The summed E-state index contributed by atoms with van der Waals surface area (Å²) in [7, 11) is 0. The molecule has 0 bridgehead atoms. The molecule has 1 aromatic rings. The Morgan fingerprint density at radius 1 is 1.32 bits per heavy atom. The number of piperazine rings is 1. The van der Waals surface area contributed by atoms with Gasteiger partial charge in [-0.3, -0.25) is 4.79 Å². The van der Waals surface area contributed by atoms with Crippen LogP contribution in [0.5, 0.6) is 0 Å². The average Bonchev–Trinajstić information content (AvgIpc) is 3.19. The van der Waals surface area contributed by atoms with E-state index in [1.807, 2.05) is 9.80 Å². The molecule has 2 atom stereocenters. The number of carbonyl (C=O) groups excluding carboxylic acids is 1. The highest BCUT2D eigenvalue weighted by Crippen LogP contribution is 2.46. The minimum Gasteiger partial charge on any atom is -0.396 e. The summed E-state index contributed by atoms with van der Waals surface area (Å²) in [6.45, 7) is 6.97. The van der Waals surface area contributed by atoms with E-state index in [1.165, 1.54) is 6.20 Å². The third-order valence-electron chi connectivity index (χ3n) is 6.81. The van der Waals surface area contributed by atoms with E-state index in [1.54, 1.807) is 0 Å². The predicted molar refractivity (Wildman–Crippen MR) is 113 cm³/mol. The first-order valence-electron chi connectivity index (χ1n) is 11.1. The van der Waals surface area contributed by atoms with Crippen LogP contribution in [0.15, 0.2) is 18.3 Å². The number of nitrogens with one attached hydrogen (secondary N) is 1. The molecule has 0 unspecified atom stereocenters. The number of aliphatic hydroxyl groups is 1. The van der Waals surface area contributed by atoms with Crippen molar-refractivity contribution in [2.75, 3.05) is 44.2 Å². The Morgan fingerprint density at radius 3 is 2.65 bits per heavy atom. The number of aromatic nitrogens is 1. The number of amides is 1. The number of hydrogen-bond acceptors (Lipinski definition) is 5. The smallest absolute Gasteiger partial charge is 0.396 e. The summed E-state index contributed by atoms with van der Waals surface area (Å²) in [5, 5.41) is 12.4. The molecule has 0 radical (unpaired) electrons. The SMILES string of the molecule is CC(C)[C@]1(C(=O)N2CCN(c3cc(C(F)(F)F)ccn3)CC2)CC[C@@H](NCCCO)C1. The van der Waals surface area contributed by atoms with E-state index in [4.69, 9.17) is 5.11 Å². The van der Waals surface area contributed by atoms with Crippen molar-refractivity contribution in [3.05, 3.63) is 23.9 Å². The van der Waals surface area contributed by atoms with Crippen molar-refractivity contribution in [1.82, 2.24) is 15.2 Å². The molecule has 1 amide bonds. The van der Waals surface area contributed by atoms with Gasteiger partial charge < -0.3 is 20.2 Å². The third-order valence-corrected chi connectivity index (χ3v) is 6.81. The van der Waals surface area contributed by atoms with Gasteiger partial charge in [-0.1, -0.05) is 13.8 Å². The molecule has 1 saturated carbocycles. The molecule has 0 spiro atoms. The van der Waals surface area contributed by atoms with E-state index in [0.29, 0.717) is 38.4 Å². The fraction of sp³-hybridized carbons (Fsp3) is 0.727. The molecule has 174 valence electrons. The number of aliphatic hydroxyl groups excluding tert-OH is 1. The first kappa shape index (κ1) is 23.8. The highest BCUT2D eigenvalue weighted by Gasteiger charge is 2.49. The maximum Gasteiger partial charge on any atom is 0.416 e. The molecule has 2 N–H and O–H groups in total. The first-order valence-corrected chi connectivity index (χ1v) is 11.1. The Balaban J connectivity index is 1.62. The van der Waals surface area contributed by atoms with E-state index in [9.17, 15) is 18.0 Å². The van der Waals surface area contributed by atoms with Crippen molar-refractivity contribution < 1.29 is 23.1 Å². The fourth-order valence-electron chi connectivity index (χ4n) is 4.82. The molecular formula is C22H33F3N4O2. The summed E-state index contributed by atoms with van der Waals surface area (Å²) < 4.78 is 39.0. The van der Waals surface area contributed by atoms with Crippen LogP contribution in [-0.4, -0.2) is 66.3 Å². The molecule has 0 aromatic carbocycles. The lowest BCUT2D eigenvalue weighted by molar-refractivity contribution is -0.145. The average molecular weight is 443 g/mol. The Kier molecular flexibility index (Phi) is 7.47. The van der Waals surface area contributed by atoms with Gasteiger partial charge >= 0.3 is 6.18 Å². The number of hydrogen-bond donors (Lipinski definition) is 2. The second kappa shape index (κ2) is 9.73. The predicted octanol–water partition coefficient (Wildman–Crippen LogP) is 2.92. The molecule has 31 heavy (non-hydrogen) atoms. The summed E-state index contributed by atoms with van der Waals surface area (Å²) in [4.78, 5) is 21.3. The van der Waals surface area contributed by atoms with Gasteiger partial charge in [0, 0.05) is 45.0 Å². The van der Waals surface area contributed by atoms with Crippen LogP contribution in [0.25, 0.3) is 0 Å². The van der Waals surface area contributed by atoms with E-state index in [0.717, 1.165) is 37.9 Å². The molecule has 9 heteroatoms. The summed E-state index contributed by atoms with van der Waals surface area (Å²) in [5.41, 5.74) is -1.12. The van der Waals surface area contributed by atoms with Gasteiger partial charge in [0.2, 0.25) is 5.91 Å². The largest absolute Gasteiger partial charge is 0.416 e. The second-order valence-electron chi connectivity index (χ2n) is 8.96. The first-order chi connectivity index (χ1) is 14.7. The maximum absolute atomic E-state index is 13.5. The molecule has 3 rings (SSSR count). The standard InChI is InChI=1S/C22H33F3N4O2/c1-16(2)21(6-4-18(15-21)26-7-3-13-30)20(31)29-11-9-28(10-12-29)19-14-17(5-8-27-19)22(23,24)25/h5,8,14,16,18,26,30H,3-4,6-7,9-13,15H2,1-2H3/t18-,21+/m1/s1. The molecule has 2 heterocycles. The summed E-state index contributed by atoms with van der Waals surface area (Å²) in [6, 6.07) is 2.32. The zero-order chi connectivity index (χ0) is 22.6. The maximum atomic E-state index is 13.5. The van der Waals surface area contributed by atoms with Gasteiger partial charge in [-0.15, -0.1) is 0 Å². The number of rotatable bonds is 7. The lowest BCUT2D eigenvalue weighted by Crippen LogP contribution is -2.54. The Bertz CT molecular complexity index is 751. The molecule has 6 nitrogen and oxygen atoms in total. The van der Waals surface area contributed by atoms with Crippen LogP contribution in [0.4, 0.5) is 19.0 Å². The Hall–Kier alpha value is -1.87. The van der Waals surface area contributed by atoms with Crippen LogP contribution >= 0.6 is 0 Å². The number of nitrogens with zero attached hydrogens (tertiary/aromatic N) is 3. The number of anilines is 1. The van der Waals surface area contributed by atoms with E-state index >= 15 is 0 Å². The van der Waals surface area contributed by atoms with Gasteiger partial charge in [-0.2, -0.15) is 13.2 Å². The van der Waals surface area contributed by atoms with Crippen LogP contribution in [-0.2, 0) is 11.0 Å². The molecule has 1 aromatic heterocycles. The minimum atomic E-state index is -4.40. The normalized spacial score (nSPS) is 24.8. The van der Waals surface area contributed by atoms with Gasteiger partial charge in [0.25, 0.3) is 0 Å². The number of carbonyl (C=O) groups is 1. The van der Waals surface area contributed by atoms with Crippen LogP contribution in [0.3, 0.4) is 0 Å². The summed E-state index contributed by atoms with van der Waals surface area (Å²) >= 11 is 0. The van der Waals surface area contributed by atoms with Crippen LogP contribution in [0.1, 0.15) is 45.1 Å². The molecule has 1 saturated heterocycles. The summed E-state index contributed by atoms with van der Waals surface area (Å²) in [6.07, 6.45) is 0.0311. The quantitative estimate of drug-likeness (QED) is 0.636. The van der Waals surface area contributed by atoms with Gasteiger partial charge in [0.15, 0.2) is 0 Å². The highest BCUT2D eigenvalue weighted by atomic mass is 19.4. The van der Waals surface area contributed by atoms with Crippen molar-refractivity contribution >= 4 is 11.7 Å². The zero-order valence-corrected chi connectivity index (χ0v) is 18.3.